The number of aryl methyl sites for hydroxylation is 2. The van der Waals surface area contributed by atoms with Gasteiger partial charge in [0, 0.05) is 77.4 Å². The molecular formula is C42H41N5O5S. The predicted octanol–water partition coefficient (Wildman–Crippen LogP) is 7.24. The fourth-order valence-corrected chi connectivity index (χ4v) is 8.84. The molecule has 2 aromatic heterocycles. The Morgan fingerprint density at radius 1 is 0.925 bits per heavy atom. The first-order chi connectivity index (χ1) is 25.7. The third kappa shape index (κ3) is 6.72. The lowest BCUT2D eigenvalue weighted by Crippen LogP contribution is -2.59. The van der Waals surface area contributed by atoms with E-state index in [0.29, 0.717) is 51.7 Å². The number of para-hydroxylation sites is 2. The van der Waals surface area contributed by atoms with Gasteiger partial charge in [0.15, 0.2) is 0 Å². The fraction of sp³-hybridized carbons (Fsp3) is 0.286. The van der Waals surface area contributed by atoms with Crippen molar-refractivity contribution in [2.45, 2.75) is 39.7 Å². The molecule has 3 aliphatic heterocycles. The Kier molecular flexibility index (Phi) is 9.32. The van der Waals surface area contributed by atoms with Crippen LogP contribution in [0.15, 0.2) is 85.1 Å². The molecule has 0 saturated carbocycles. The second-order valence-corrected chi connectivity index (χ2v) is 15.3. The summed E-state index contributed by atoms with van der Waals surface area (Å²) in [5.74, 6) is 0.0739. The lowest BCUT2D eigenvalue weighted by Gasteiger charge is -2.53. The first-order valence-electron chi connectivity index (χ1n) is 18.0. The summed E-state index contributed by atoms with van der Waals surface area (Å²) in [6, 6.07) is 24.1. The topological polar surface area (TPSA) is 124 Å². The molecule has 5 heterocycles. The van der Waals surface area contributed by atoms with Crippen molar-refractivity contribution < 1.29 is 24.2 Å². The molecule has 0 unspecified atom stereocenters. The zero-order valence-electron chi connectivity index (χ0n) is 29.8. The van der Waals surface area contributed by atoms with Gasteiger partial charge in [-0.05, 0) is 92.3 Å². The summed E-state index contributed by atoms with van der Waals surface area (Å²) in [5, 5.41) is 15.8. The van der Waals surface area contributed by atoms with Gasteiger partial charge >= 0.3 is 0 Å². The first-order valence-corrected chi connectivity index (χ1v) is 18.8. The van der Waals surface area contributed by atoms with E-state index in [2.05, 4.69) is 20.5 Å². The van der Waals surface area contributed by atoms with Crippen LogP contribution in [-0.4, -0.2) is 60.7 Å². The molecule has 0 radical (unpaired) electrons. The van der Waals surface area contributed by atoms with E-state index in [1.54, 1.807) is 41.4 Å². The number of rotatable bonds is 7. The molecule has 0 aliphatic carbocycles. The second kappa shape index (κ2) is 14.2. The minimum absolute atomic E-state index is 0.149. The van der Waals surface area contributed by atoms with Gasteiger partial charge in [-0.2, -0.15) is 0 Å². The lowest BCUT2D eigenvalue weighted by atomic mass is 9.73. The normalized spacial score (nSPS) is 15.9. The van der Waals surface area contributed by atoms with Crippen LogP contribution in [0.2, 0.25) is 0 Å². The third-order valence-corrected chi connectivity index (χ3v) is 11.8. The summed E-state index contributed by atoms with van der Waals surface area (Å²) < 4.78 is 5.57. The van der Waals surface area contributed by atoms with Gasteiger partial charge in [-0.3, -0.25) is 14.4 Å². The minimum atomic E-state index is -0.239. The maximum atomic E-state index is 14.1. The Morgan fingerprint density at radius 3 is 2.47 bits per heavy atom. The largest absolute Gasteiger partial charge is 0.392 e. The summed E-state index contributed by atoms with van der Waals surface area (Å²) in [4.78, 5) is 51.3. The Hall–Kier alpha value is -5.36. The molecule has 53 heavy (non-hydrogen) atoms. The number of anilines is 4. The van der Waals surface area contributed by atoms with Crippen molar-refractivity contribution >= 4 is 51.9 Å². The van der Waals surface area contributed by atoms with Crippen molar-refractivity contribution in [2.24, 2.45) is 5.41 Å². The number of nitrogens with zero attached hydrogens (tertiary/aromatic N) is 3. The van der Waals surface area contributed by atoms with Gasteiger partial charge in [0.2, 0.25) is 0 Å². The number of hydrogen-bond acceptors (Lipinski definition) is 8. The Bertz CT molecular complexity index is 2220. The molecule has 3 amide bonds. The zero-order valence-corrected chi connectivity index (χ0v) is 30.6. The third-order valence-electron chi connectivity index (χ3n) is 10.6. The number of amides is 3. The highest BCUT2D eigenvalue weighted by Gasteiger charge is 2.45. The van der Waals surface area contributed by atoms with Gasteiger partial charge in [-0.25, -0.2) is 4.98 Å². The predicted molar refractivity (Wildman–Crippen MR) is 208 cm³/mol. The van der Waals surface area contributed by atoms with Crippen LogP contribution >= 0.6 is 11.3 Å². The molecule has 8 rings (SSSR count). The Balaban J connectivity index is 0.976. The molecule has 3 N–H and O–H groups in total. The zero-order chi connectivity index (χ0) is 36.7. The Labute approximate surface area is 312 Å². The number of aliphatic hydroxyl groups is 1. The summed E-state index contributed by atoms with van der Waals surface area (Å²) >= 11 is 1.40. The Morgan fingerprint density at radius 2 is 1.70 bits per heavy atom. The number of carbonyl (C=O) groups excluding carboxylic acids is 3. The number of thiophene rings is 1. The number of ether oxygens (including phenoxy) is 1. The van der Waals surface area contributed by atoms with Crippen molar-refractivity contribution in [3.63, 3.8) is 0 Å². The highest BCUT2D eigenvalue weighted by atomic mass is 32.1. The summed E-state index contributed by atoms with van der Waals surface area (Å²) in [6.45, 7) is 7.39. The fourth-order valence-electron chi connectivity index (χ4n) is 7.70. The summed E-state index contributed by atoms with van der Waals surface area (Å²) in [6.07, 6.45) is 4.43. The molecular weight excluding hydrogens is 687 g/mol. The van der Waals surface area contributed by atoms with Gasteiger partial charge in [-0.1, -0.05) is 36.4 Å². The first kappa shape index (κ1) is 34.7. The van der Waals surface area contributed by atoms with Crippen LogP contribution in [0.5, 0.6) is 0 Å². The molecule has 1 spiro atoms. The van der Waals surface area contributed by atoms with E-state index in [1.807, 2.05) is 62.4 Å². The maximum absolute atomic E-state index is 14.1. The molecule has 2 saturated heterocycles. The van der Waals surface area contributed by atoms with E-state index < -0.39 is 0 Å². The van der Waals surface area contributed by atoms with E-state index in [1.165, 1.54) is 11.3 Å². The van der Waals surface area contributed by atoms with E-state index in [4.69, 9.17) is 4.74 Å². The number of nitrogens with one attached hydrogen (secondary N) is 2. The number of pyridine rings is 1. The number of aromatic nitrogens is 1. The average Bonchev–Trinajstić information content (AvgIpc) is 3.53. The van der Waals surface area contributed by atoms with Gasteiger partial charge < -0.3 is 30.3 Å². The lowest BCUT2D eigenvalue weighted by molar-refractivity contribution is -0.000511. The molecule has 3 aromatic carbocycles. The molecule has 3 aliphatic rings. The minimum Gasteiger partial charge on any atom is -0.392 e. The van der Waals surface area contributed by atoms with Crippen LogP contribution in [0.3, 0.4) is 0 Å². The van der Waals surface area contributed by atoms with E-state index in [9.17, 15) is 19.5 Å². The van der Waals surface area contributed by atoms with Crippen LogP contribution in [0.4, 0.5) is 22.9 Å². The van der Waals surface area contributed by atoms with E-state index in [-0.39, 0.29) is 29.7 Å². The van der Waals surface area contributed by atoms with Crippen molar-refractivity contribution in [1.82, 2.24) is 4.98 Å². The molecule has 0 atom stereocenters. The van der Waals surface area contributed by atoms with Crippen LogP contribution < -0.4 is 20.4 Å². The highest BCUT2D eigenvalue weighted by molar-refractivity contribution is 7.17. The number of benzene rings is 3. The van der Waals surface area contributed by atoms with Crippen LogP contribution in [0, 0.1) is 19.3 Å². The molecule has 5 aromatic rings. The number of carbonyl (C=O) groups is 3. The number of aliphatic hydroxyl groups excluding tert-OH is 1. The molecule has 2 fully saturated rings. The van der Waals surface area contributed by atoms with Gasteiger partial charge in [0.05, 0.1) is 22.7 Å². The molecule has 11 heteroatoms. The monoisotopic (exact) mass is 727 g/mol. The molecule has 10 nitrogen and oxygen atoms in total. The van der Waals surface area contributed by atoms with Crippen LogP contribution in [0.1, 0.15) is 65.5 Å². The van der Waals surface area contributed by atoms with Gasteiger partial charge in [-0.15, -0.1) is 11.3 Å². The number of fused-ring (bicyclic) bond motifs is 3. The van der Waals surface area contributed by atoms with Crippen molar-refractivity contribution in [3.05, 3.63) is 123 Å². The average molecular weight is 728 g/mol. The molecule has 270 valence electrons. The summed E-state index contributed by atoms with van der Waals surface area (Å²) in [7, 11) is 0. The summed E-state index contributed by atoms with van der Waals surface area (Å²) in [5.41, 5.74) is 7.60. The van der Waals surface area contributed by atoms with Crippen LogP contribution in [0.25, 0.3) is 10.4 Å². The standard InChI is InChI=1S/C42H41N5O5S/c1-26-20-33(38(43-22-26)46-24-42(25-46)15-18-52-19-16-42)39(49)44-31-12-10-28(11-13-31)41(51)47-17-14-29-21-35(53-37(29)32-8-3-4-9-34(32)47)40(50)45-36-27(2)6-5-7-30(36)23-48/h3-13,20-22,48H,14-19,23-25H2,1-2H3,(H,44,49)(H,45,50). The van der Waals surface area contributed by atoms with E-state index >= 15 is 0 Å². The van der Waals surface area contributed by atoms with Gasteiger partial charge in [0.1, 0.15) is 5.82 Å². The van der Waals surface area contributed by atoms with Crippen molar-refractivity contribution in [2.75, 3.05) is 53.3 Å². The smallest absolute Gasteiger partial charge is 0.265 e. The quantitative estimate of drug-likeness (QED) is 0.162. The van der Waals surface area contributed by atoms with Crippen molar-refractivity contribution in [3.8, 4) is 10.4 Å². The van der Waals surface area contributed by atoms with E-state index in [0.717, 1.165) is 72.0 Å². The SMILES string of the molecule is Cc1cnc(N2CC3(CCOCC3)C2)c(C(=O)Nc2ccc(C(=O)N3CCc4cc(C(=O)Nc5c(C)cccc5CO)sc4-c4ccccc43)cc2)c1. The van der Waals surface area contributed by atoms with Crippen LogP contribution in [-0.2, 0) is 17.8 Å². The molecule has 0 bridgehead atoms. The number of hydrogen-bond donors (Lipinski definition) is 3. The highest BCUT2D eigenvalue weighted by Crippen LogP contribution is 2.44. The second-order valence-electron chi connectivity index (χ2n) is 14.3. The van der Waals surface area contributed by atoms with Gasteiger partial charge in [0.25, 0.3) is 17.7 Å². The maximum Gasteiger partial charge on any atom is 0.265 e. The van der Waals surface area contributed by atoms with Crippen molar-refractivity contribution in [1.29, 1.82) is 0 Å².